The summed E-state index contributed by atoms with van der Waals surface area (Å²) in [6.45, 7) is 5.71. The molecule has 10 nitrogen and oxygen atoms in total. The van der Waals surface area contributed by atoms with Gasteiger partial charge in [0.1, 0.15) is 23.7 Å². The zero-order valence-corrected chi connectivity index (χ0v) is 21.8. The highest BCUT2D eigenvalue weighted by Crippen LogP contribution is 2.15. The monoisotopic (exact) mass is 511 g/mol. The van der Waals surface area contributed by atoms with E-state index < -0.39 is 22.9 Å². The molecule has 0 spiro atoms. The lowest BCUT2D eigenvalue weighted by atomic mass is 10.2. The molecular weight excluding hydrogens is 478 g/mol. The van der Waals surface area contributed by atoms with Crippen LogP contribution in [0.5, 0.6) is 17.4 Å². The molecule has 2 aromatic carbocycles. The molecule has 0 aliphatic rings. The van der Waals surface area contributed by atoms with Gasteiger partial charge in [0.25, 0.3) is 5.56 Å². The molecule has 1 aromatic heterocycles. The number of nitrogens with zero attached hydrogens (tertiary/aromatic N) is 2. The Morgan fingerprint density at radius 1 is 0.838 bits per heavy atom. The van der Waals surface area contributed by atoms with E-state index in [1.807, 2.05) is 12.1 Å². The molecule has 10 heteroatoms. The molecule has 0 unspecified atom stereocenters. The van der Waals surface area contributed by atoms with Crippen LogP contribution in [0.2, 0.25) is 0 Å². The number of hydrogen-bond acceptors (Lipinski definition) is 7. The van der Waals surface area contributed by atoms with E-state index in [1.165, 1.54) is 10.6 Å². The Labute approximate surface area is 215 Å². The van der Waals surface area contributed by atoms with Crippen molar-refractivity contribution in [2.45, 2.75) is 39.5 Å². The lowest BCUT2D eigenvalue weighted by molar-refractivity contribution is 0.0519. The molecule has 1 N–H and O–H groups in total. The van der Waals surface area contributed by atoms with Crippen LogP contribution in [-0.4, -0.2) is 48.2 Å². The topological polar surface area (TPSA) is 110 Å². The number of hydrogen-bond donors (Lipinski definition) is 1. The molecule has 0 saturated heterocycles. The van der Waals surface area contributed by atoms with E-state index in [0.717, 1.165) is 15.7 Å². The van der Waals surface area contributed by atoms with Crippen molar-refractivity contribution in [1.29, 1.82) is 0 Å². The summed E-state index contributed by atoms with van der Waals surface area (Å²) in [5, 5.41) is 2.59. The summed E-state index contributed by atoms with van der Waals surface area (Å²) in [6, 6.07) is 15.7. The summed E-state index contributed by atoms with van der Waals surface area (Å²) >= 11 is 0. The van der Waals surface area contributed by atoms with Crippen molar-refractivity contribution in [2.75, 3.05) is 27.4 Å². The van der Waals surface area contributed by atoms with Crippen LogP contribution in [0.4, 0.5) is 4.79 Å². The van der Waals surface area contributed by atoms with Crippen LogP contribution in [-0.2, 0) is 17.8 Å². The molecular formula is C27H33N3O7. The second-order valence-corrected chi connectivity index (χ2v) is 9.25. The van der Waals surface area contributed by atoms with Gasteiger partial charge in [0.2, 0.25) is 5.88 Å². The van der Waals surface area contributed by atoms with E-state index in [-0.39, 0.29) is 32.1 Å². The molecule has 0 atom stereocenters. The smallest absolute Gasteiger partial charge is 0.407 e. The summed E-state index contributed by atoms with van der Waals surface area (Å²) in [6.07, 6.45) is -0.582. The van der Waals surface area contributed by atoms with E-state index in [9.17, 15) is 14.4 Å². The Morgan fingerprint density at radius 3 is 1.84 bits per heavy atom. The van der Waals surface area contributed by atoms with Crippen molar-refractivity contribution in [3.05, 3.63) is 86.6 Å². The number of amides is 1. The first-order chi connectivity index (χ1) is 17.6. The number of carbonyl (C=O) groups excluding carboxylic acids is 1. The van der Waals surface area contributed by atoms with Gasteiger partial charge in [-0.15, -0.1) is 0 Å². The number of aromatic nitrogens is 2. The van der Waals surface area contributed by atoms with Crippen molar-refractivity contribution in [2.24, 2.45) is 0 Å². The van der Waals surface area contributed by atoms with Crippen molar-refractivity contribution in [3.63, 3.8) is 0 Å². The van der Waals surface area contributed by atoms with Crippen LogP contribution in [0.3, 0.4) is 0 Å². The van der Waals surface area contributed by atoms with Crippen molar-refractivity contribution in [1.82, 2.24) is 14.5 Å². The van der Waals surface area contributed by atoms with Crippen molar-refractivity contribution >= 4 is 6.09 Å². The standard InChI is InChI=1S/C27H33N3O7/c1-27(2,3)37-25(32)28-14-15-36-24-16-23(31)29(17-19-6-10-21(34-4)11-7-19)26(33)30(24)18-20-8-12-22(35-5)13-9-20/h6-13,16H,14-15,17-18H2,1-5H3,(H,28,32). The molecule has 0 saturated carbocycles. The SMILES string of the molecule is COc1ccc(Cn2c(OCCNC(=O)OC(C)(C)C)cc(=O)n(Cc3ccc(OC)cc3)c2=O)cc1. The van der Waals surface area contributed by atoms with Gasteiger partial charge in [-0.25, -0.2) is 9.59 Å². The third-order valence-corrected chi connectivity index (χ3v) is 5.26. The Kier molecular flexibility index (Phi) is 9.00. The summed E-state index contributed by atoms with van der Waals surface area (Å²) in [5.74, 6) is 1.46. The third-order valence-electron chi connectivity index (χ3n) is 5.26. The van der Waals surface area contributed by atoms with Gasteiger partial charge >= 0.3 is 11.8 Å². The van der Waals surface area contributed by atoms with E-state index >= 15 is 0 Å². The molecule has 0 bridgehead atoms. The molecule has 3 rings (SSSR count). The first-order valence-electron chi connectivity index (χ1n) is 11.8. The van der Waals surface area contributed by atoms with Crippen LogP contribution in [0, 0.1) is 0 Å². The molecule has 0 aliphatic heterocycles. The molecule has 0 fully saturated rings. The normalized spacial score (nSPS) is 11.1. The highest BCUT2D eigenvalue weighted by molar-refractivity contribution is 5.67. The number of ether oxygens (including phenoxy) is 4. The number of methoxy groups -OCH3 is 2. The van der Waals surface area contributed by atoms with Crippen molar-refractivity contribution < 1.29 is 23.7 Å². The van der Waals surface area contributed by atoms with Gasteiger partial charge in [0, 0.05) is 0 Å². The molecule has 0 aliphatic carbocycles. The molecule has 0 radical (unpaired) electrons. The van der Waals surface area contributed by atoms with Gasteiger partial charge in [-0.05, 0) is 56.2 Å². The van der Waals surface area contributed by atoms with Gasteiger partial charge in [0.05, 0.1) is 39.9 Å². The molecule has 3 aromatic rings. The number of benzene rings is 2. The lowest BCUT2D eigenvalue weighted by Crippen LogP contribution is -2.41. The fourth-order valence-corrected chi connectivity index (χ4v) is 3.46. The largest absolute Gasteiger partial charge is 0.497 e. The molecule has 37 heavy (non-hydrogen) atoms. The fraction of sp³-hybridized carbons (Fsp3) is 0.370. The van der Waals surface area contributed by atoms with Gasteiger partial charge in [-0.1, -0.05) is 24.3 Å². The van der Waals surface area contributed by atoms with Gasteiger partial charge in [0.15, 0.2) is 0 Å². The summed E-state index contributed by atoms with van der Waals surface area (Å²) in [7, 11) is 3.14. The third kappa shape index (κ3) is 7.89. The van der Waals surface area contributed by atoms with E-state index in [2.05, 4.69) is 5.32 Å². The van der Waals surface area contributed by atoms with Crippen LogP contribution < -0.4 is 30.8 Å². The number of alkyl carbamates (subject to hydrolysis) is 1. The van der Waals surface area contributed by atoms with E-state index in [4.69, 9.17) is 18.9 Å². The minimum Gasteiger partial charge on any atom is -0.497 e. The van der Waals surface area contributed by atoms with Crippen LogP contribution in [0.1, 0.15) is 31.9 Å². The number of carbonyl (C=O) groups is 1. The molecule has 198 valence electrons. The second kappa shape index (κ2) is 12.2. The Hall–Kier alpha value is -4.21. The van der Waals surface area contributed by atoms with Crippen LogP contribution in [0.25, 0.3) is 0 Å². The van der Waals surface area contributed by atoms with Gasteiger partial charge < -0.3 is 24.3 Å². The maximum absolute atomic E-state index is 13.5. The van der Waals surface area contributed by atoms with Crippen molar-refractivity contribution in [3.8, 4) is 17.4 Å². The Balaban J connectivity index is 1.85. The molecule has 1 amide bonds. The predicted octanol–water partition coefficient (Wildman–Crippen LogP) is 3.03. The summed E-state index contributed by atoms with van der Waals surface area (Å²) < 4.78 is 23.9. The number of nitrogens with one attached hydrogen (secondary N) is 1. The quantitative estimate of drug-likeness (QED) is 0.417. The zero-order chi connectivity index (χ0) is 27.0. The minimum atomic E-state index is -0.627. The second-order valence-electron chi connectivity index (χ2n) is 9.25. The van der Waals surface area contributed by atoms with Crippen LogP contribution in [0.15, 0.2) is 64.2 Å². The average molecular weight is 512 g/mol. The Bertz CT molecular complexity index is 1300. The first kappa shape index (κ1) is 27.4. The number of rotatable bonds is 10. The zero-order valence-electron chi connectivity index (χ0n) is 21.8. The average Bonchev–Trinajstić information content (AvgIpc) is 2.86. The summed E-state index contributed by atoms with van der Waals surface area (Å²) in [4.78, 5) is 38.3. The minimum absolute atomic E-state index is 0.0310. The van der Waals surface area contributed by atoms with E-state index in [0.29, 0.717) is 11.5 Å². The predicted molar refractivity (Wildman–Crippen MR) is 139 cm³/mol. The van der Waals surface area contributed by atoms with Gasteiger partial charge in [-0.2, -0.15) is 0 Å². The summed E-state index contributed by atoms with van der Waals surface area (Å²) in [5.41, 5.74) is -0.0605. The van der Waals surface area contributed by atoms with Gasteiger partial charge in [-0.3, -0.25) is 13.9 Å². The van der Waals surface area contributed by atoms with Crippen LogP contribution >= 0.6 is 0 Å². The van der Waals surface area contributed by atoms with E-state index in [1.54, 1.807) is 71.4 Å². The first-order valence-corrected chi connectivity index (χ1v) is 11.8. The fourth-order valence-electron chi connectivity index (χ4n) is 3.46. The maximum Gasteiger partial charge on any atom is 0.407 e. The Morgan fingerprint density at radius 2 is 1.35 bits per heavy atom. The lowest BCUT2D eigenvalue weighted by Gasteiger charge is -2.20. The molecule has 1 heterocycles. The maximum atomic E-state index is 13.5. The highest BCUT2D eigenvalue weighted by atomic mass is 16.6. The highest BCUT2D eigenvalue weighted by Gasteiger charge is 2.17.